The monoisotopic (exact) mass is 209 g/mol. The van der Waals surface area contributed by atoms with Gasteiger partial charge in [-0.05, 0) is 26.2 Å². The Morgan fingerprint density at radius 3 is 3.29 bits per heavy atom. The minimum Gasteiger partial charge on any atom is -0.380 e. The van der Waals surface area contributed by atoms with Crippen molar-refractivity contribution in [2.24, 2.45) is 0 Å². The number of fused-ring (bicyclic) bond motifs is 1. The molecule has 2 heteroatoms. The first-order valence-electron chi connectivity index (χ1n) is 5.22. The number of allylic oxidation sites excluding steroid dienone is 2. The van der Waals surface area contributed by atoms with Crippen molar-refractivity contribution >= 4 is 11.8 Å². The molecule has 2 aliphatic rings. The second-order valence-corrected chi connectivity index (χ2v) is 5.23. The maximum Gasteiger partial charge on any atom is 0.0560 e. The topological polar surface area (TPSA) is 12.0 Å². The first-order valence-corrected chi connectivity index (χ1v) is 6.16. The molecular weight excluding hydrogens is 190 g/mol. The van der Waals surface area contributed by atoms with E-state index in [4.69, 9.17) is 0 Å². The molecule has 1 nitrogen and oxygen atoms in total. The highest BCUT2D eigenvalue weighted by Crippen LogP contribution is 2.36. The summed E-state index contributed by atoms with van der Waals surface area (Å²) in [6.45, 7) is 7.85. The van der Waals surface area contributed by atoms with Crippen molar-refractivity contribution in [2.75, 3.05) is 0 Å². The lowest BCUT2D eigenvalue weighted by molar-refractivity contribution is 0.553. The minimum absolute atomic E-state index is 0. The molecule has 0 bridgehead atoms. The molecule has 2 radical (unpaired) electrons. The molecule has 0 aromatic rings. The van der Waals surface area contributed by atoms with Gasteiger partial charge < -0.3 is 5.32 Å². The number of nitrogens with one attached hydrogen (secondary N) is 1. The fraction of sp³-hybridized carbons (Fsp3) is 0.500. The Hall–Kier alpha value is -0.370. The van der Waals surface area contributed by atoms with Crippen molar-refractivity contribution in [1.29, 1.82) is 0 Å². The van der Waals surface area contributed by atoms with Crippen molar-refractivity contribution in [3.05, 3.63) is 37.8 Å². The molecule has 0 saturated carbocycles. The van der Waals surface area contributed by atoms with E-state index in [9.17, 15) is 0 Å². The average Bonchev–Trinajstić information content (AvgIpc) is 2.27. The molecular formula is C12H19NS. The van der Waals surface area contributed by atoms with Gasteiger partial charge >= 0.3 is 0 Å². The van der Waals surface area contributed by atoms with Gasteiger partial charge in [0.25, 0.3) is 0 Å². The molecule has 3 unspecified atom stereocenters. The van der Waals surface area contributed by atoms with Crippen molar-refractivity contribution in [3.63, 3.8) is 0 Å². The summed E-state index contributed by atoms with van der Waals surface area (Å²) < 4.78 is 0. The average molecular weight is 209 g/mol. The normalized spacial score (nSPS) is 39.3. The Balaban J connectivity index is 0.00000112. The van der Waals surface area contributed by atoms with Gasteiger partial charge in [0, 0.05) is 17.6 Å². The van der Waals surface area contributed by atoms with Crippen LogP contribution in [0, 0.1) is 13.8 Å². The van der Waals surface area contributed by atoms with Crippen LogP contribution in [0.15, 0.2) is 23.9 Å². The summed E-state index contributed by atoms with van der Waals surface area (Å²) in [5.74, 6) is 0. The van der Waals surface area contributed by atoms with E-state index in [1.54, 1.807) is 0 Å². The van der Waals surface area contributed by atoms with Gasteiger partial charge in [-0.1, -0.05) is 25.2 Å². The highest BCUT2D eigenvalue weighted by atomic mass is 32.2. The lowest BCUT2D eigenvalue weighted by Gasteiger charge is -2.39. The van der Waals surface area contributed by atoms with Gasteiger partial charge in [0.1, 0.15) is 0 Å². The zero-order valence-corrected chi connectivity index (χ0v) is 9.22. The summed E-state index contributed by atoms with van der Waals surface area (Å²) in [5, 5.41) is 4.82. The molecule has 2 rings (SSSR count). The second kappa shape index (κ2) is 4.43. The van der Waals surface area contributed by atoms with Crippen LogP contribution in [0.1, 0.15) is 20.7 Å². The number of hydrogen-bond acceptors (Lipinski definition) is 2. The second-order valence-electron chi connectivity index (χ2n) is 3.79. The van der Waals surface area contributed by atoms with Gasteiger partial charge in [-0.2, -0.15) is 0 Å². The molecule has 0 amide bonds. The zero-order valence-electron chi connectivity index (χ0n) is 8.41. The van der Waals surface area contributed by atoms with Crippen LogP contribution in [0.3, 0.4) is 0 Å². The summed E-state index contributed by atoms with van der Waals surface area (Å²) in [6, 6.07) is 0.518. The third-order valence-corrected chi connectivity index (χ3v) is 4.56. The van der Waals surface area contributed by atoms with E-state index >= 15 is 0 Å². The van der Waals surface area contributed by atoms with Gasteiger partial charge in [0.15, 0.2) is 0 Å². The van der Waals surface area contributed by atoms with E-state index < -0.39 is 0 Å². The van der Waals surface area contributed by atoms with Crippen molar-refractivity contribution in [3.8, 4) is 0 Å². The Morgan fingerprint density at radius 2 is 2.57 bits per heavy atom. The Labute approximate surface area is 92.5 Å². The molecule has 1 fully saturated rings. The molecule has 14 heavy (non-hydrogen) atoms. The van der Waals surface area contributed by atoms with Crippen LogP contribution in [0.25, 0.3) is 0 Å². The van der Waals surface area contributed by atoms with Crippen molar-refractivity contribution in [2.45, 2.75) is 35.8 Å². The largest absolute Gasteiger partial charge is 0.380 e. The van der Waals surface area contributed by atoms with Gasteiger partial charge in [-0.3, -0.25) is 0 Å². The summed E-state index contributed by atoms with van der Waals surface area (Å²) in [7, 11) is 0. The van der Waals surface area contributed by atoms with Crippen LogP contribution < -0.4 is 5.32 Å². The van der Waals surface area contributed by atoms with E-state index in [0.717, 1.165) is 11.7 Å². The molecule has 0 aromatic carbocycles. The Kier molecular flexibility index (Phi) is 3.22. The molecule has 1 heterocycles. The summed E-state index contributed by atoms with van der Waals surface area (Å²) in [6.07, 6.45) is 9.99. The van der Waals surface area contributed by atoms with Crippen LogP contribution in [0.4, 0.5) is 0 Å². The molecule has 0 aromatic heterocycles. The fourth-order valence-corrected chi connectivity index (χ4v) is 3.55. The number of rotatable bonds is 1. The van der Waals surface area contributed by atoms with Crippen molar-refractivity contribution < 1.29 is 1.43 Å². The first-order chi connectivity index (χ1) is 6.85. The van der Waals surface area contributed by atoms with Crippen LogP contribution in [-0.4, -0.2) is 16.5 Å². The lowest BCUT2D eigenvalue weighted by Crippen LogP contribution is -2.45. The first kappa shape index (κ1) is 10.2. The van der Waals surface area contributed by atoms with E-state index in [0.29, 0.717) is 11.3 Å². The minimum atomic E-state index is 0. The van der Waals surface area contributed by atoms with Crippen molar-refractivity contribution in [1.82, 2.24) is 5.32 Å². The Morgan fingerprint density at radius 1 is 1.71 bits per heavy atom. The molecule has 1 aliphatic heterocycles. The van der Waals surface area contributed by atoms with Gasteiger partial charge in [0.05, 0.1) is 6.04 Å². The third-order valence-electron chi connectivity index (χ3n) is 2.86. The summed E-state index contributed by atoms with van der Waals surface area (Å²) in [5.41, 5.74) is 1.26. The molecule has 1 N–H and O–H groups in total. The number of thioether (sulfide) groups is 1. The van der Waals surface area contributed by atoms with Gasteiger partial charge in [-0.15, -0.1) is 11.8 Å². The summed E-state index contributed by atoms with van der Waals surface area (Å²) >= 11 is 2.06. The van der Waals surface area contributed by atoms with Crippen LogP contribution in [0.2, 0.25) is 0 Å². The lowest BCUT2D eigenvalue weighted by atomic mass is 10.0. The fourth-order valence-electron chi connectivity index (χ4n) is 2.08. The van der Waals surface area contributed by atoms with Gasteiger partial charge in [0.2, 0.25) is 0 Å². The molecule has 3 atom stereocenters. The predicted molar refractivity (Wildman–Crippen MR) is 66.0 cm³/mol. The molecule has 1 saturated heterocycles. The smallest absolute Gasteiger partial charge is 0.0560 e. The van der Waals surface area contributed by atoms with Crippen LogP contribution >= 0.6 is 11.8 Å². The van der Waals surface area contributed by atoms with E-state index in [1.165, 1.54) is 18.5 Å². The van der Waals surface area contributed by atoms with Gasteiger partial charge in [-0.25, -0.2) is 0 Å². The predicted octanol–water partition coefficient (Wildman–Crippen LogP) is 2.97. The molecule has 0 spiro atoms. The quantitative estimate of drug-likeness (QED) is 0.666. The standard InChI is InChI=1S/C12H17NS.H2/c1-3-9-11(4-2)14-12-8-6-5-7-10(12)13-9;/h3,5,7,10-13H,1-2,4,6,8H2;1H/b9-3+;. The zero-order chi connectivity index (χ0) is 9.97. The van der Waals surface area contributed by atoms with Crippen LogP contribution in [0.5, 0.6) is 0 Å². The van der Waals surface area contributed by atoms with E-state index in [1.807, 2.05) is 6.08 Å². The van der Waals surface area contributed by atoms with E-state index in [-0.39, 0.29) is 1.43 Å². The highest BCUT2D eigenvalue weighted by Gasteiger charge is 2.31. The Bertz CT molecular complexity index is 262. The SMILES string of the molecule is [CH2]/C=C1/NC2C=CCCC2SC1C[CH2].[HH]. The van der Waals surface area contributed by atoms with Crippen LogP contribution in [-0.2, 0) is 0 Å². The number of hydrogen-bond donors (Lipinski definition) is 1. The molecule has 1 aliphatic carbocycles. The maximum atomic E-state index is 4.00. The molecule has 78 valence electrons. The maximum absolute atomic E-state index is 4.00. The van der Waals surface area contributed by atoms with E-state index in [2.05, 4.69) is 43.1 Å². The third kappa shape index (κ3) is 1.85. The summed E-state index contributed by atoms with van der Waals surface area (Å²) in [4.78, 5) is 0. The highest BCUT2D eigenvalue weighted by molar-refractivity contribution is 8.00.